The van der Waals surface area contributed by atoms with Crippen molar-refractivity contribution in [3.05, 3.63) is 193 Å². The van der Waals surface area contributed by atoms with Crippen LogP contribution in [0.4, 0.5) is 0 Å². The second-order valence-electron chi connectivity index (χ2n) is 13.5. The molecule has 3 aromatic heterocycles. The van der Waals surface area contributed by atoms with Crippen molar-refractivity contribution in [2.24, 2.45) is 9.98 Å². The highest BCUT2D eigenvalue weighted by Gasteiger charge is 2.20. The fraction of sp³-hybridized carbons (Fsp3) is 0. The first kappa shape index (κ1) is 29.9. The molecule has 0 saturated heterocycles. The van der Waals surface area contributed by atoms with Crippen molar-refractivity contribution < 1.29 is 4.42 Å². The first-order valence-electron chi connectivity index (χ1n) is 17.7. The van der Waals surface area contributed by atoms with Crippen LogP contribution in [0.3, 0.4) is 0 Å². The fourth-order valence-corrected chi connectivity index (χ4v) is 9.10. The summed E-state index contributed by atoms with van der Waals surface area (Å²) in [5.74, 6) is 0.641. The van der Waals surface area contributed by atoms with E-state index in [-0.39, 0.29) is 0 Å². The number of allylic oxidation sites excluding steroid dienone is 2. The van der Waals surface area contributed by atoms with Crippen molar-refractivity contribution in [3.63, 3.8) is 0 Å². The summed E-state index contributed by atoms with van der Waals surface area (Å²) < 4.78 is 11.7. The smallest absolute Gasteiger partial charge is 0.160 e. The van der Waals surface area contributed by atoms with Crippen LogP contribution >= 0.6 is 11.3 Å². The topological polar surface area (TPSA) is 42.8 Å². The molecule has 0 saturated carbocycles. The summed E-state index contributed by atoms with van der Waals surface area (Å²) in [5, 5.41) is 7.20. The lowest BCUT2D eigenvalue weighted by atomic mass is 10.00. The number of amidine groups is 1. The van der Waals surface area contributed by atoms with Crippen LogP contribution in [0.5, 0.6) is 0 Å². The molecule has 0 bridgehead atoms. The molecule has 1 aliphatic heterocycles. The van der Waals surface area contributed by atoms with Crippen LogP contribution in [0.15, 0.2) is 190 Å². The third-order valence-electron chi connectivity index (χ3n) is 10.3. The van der Waals surface area contributed by atoms with Gasteiger partial charge in [0.05, 0.1) is 27.1 Å². The quantitative estimate of drug-likeness (QED) is 0.181. The number of para-hydroxylation sites is 1. The SMILES string of the molecule is C=C1C=C(c2ccccc2)N=C(c2ccccc2)N=C1c1ccc2c(c1)oc1cc(-n3c4ccccc4c4ccc5c6ccccc6sc5c43)ccc12. The molecule has 7 aromatic carbocycles. The van der Waals surface area contributed by atoms with Gasteiger partial charge in [0.15, 0.2) is 5.84 Å². The standard InChI is InChI=1S/C48H29N3OS/c1-29-26-40(30-12-4-2-5-13-30)49-48(31-14-6-3-7-15-31)50-45(29)32-20-22-35-36-23-21-33(28-43(36)52-42(35)27-32)51-41-18-10-8-16-34(41)38-24-25-39-37-17-9-11-19-44(37)53-47(39)46(38)51/h2-28H,1H2. The van der Waals surface area contributed by atoms with Gasteiger partial charge in [0, 0.05) is 65.5 Å². The monoisotopic (exact) mass is 695 g/mol. The molecule has 0 spiro atoms. The summed E-state index contributed by atoms with van der Waals surface area (Å²) in [4.78, 5) is 10.2. The number of aromatic nitrogens is 1. The van der Waals surface area contributed by atoms with Gasteiger partial charge in [-0.05, 0) is 48.0 Å². The van der Waals surface area contributed by atoms with Gasteiger partial charge in [0.25, 0.3) is 0 Å². The first-order chi connectivity index (χ1) is 26.2. The molecule has 1 aliphatic rings. The Balaban J connectivity index is 1.07. The van der Waals surface area contributed by atoms with Gasteiger partial charge in [-0.15, -0.1) is 11.3 Å². The van der Waals surface area contributed by atoms with E-state index in [0.717, 1.165) is 61.3 Å². The van der Waals surface area contributed by atoms with E-state index in [0.29, 0.717) is 5.84 Å². The second kappa shape index (κ2) is 11.6. The summed E-state index contributed by atoms with van der Waals surface area (Å²) in [6, 6.07) is 55.2. The molecule has 4 heterocycles. The lowest BCUT2D eigenvalue weighted by Gasteiger charge is -2.08. The Morgan fingerprint density at radius 2 is 1.19 bits per heavy atom. The molecular weight excluding hydrogens is 667 g/mol. The summed E-state index contributed by atoms with van der Waals surface area (Å²) in [5.41, 5.74) is 10.4. The summed E-state index contributed by atoms with van der Waals surface area (Å²) in [6.45, 7) is 4.47. The van der Waals surface area contributed by atoms with E-state index >= 15 is 0 Å². The molecule has 0 aliphatic carbocycles. The molecule has 5 heteroatoms. The molecule has 10 aromatic rings. The second-order valence-corrected chi connectivity index (χ2v) is 14.5. The number of thiophene rings is 1. The summed E-state index contributed by atoms with van der Waals surface area (Å²) in [6.07, 6.45) is 2.03. The van der Waals surface area contributed by atoms with Gasteiger partial charge in [0.2, 0.25) is 0 Å². The van der Waals surface area contributed by atoms with E-state index in [1.54, 1.807) is 0 Å². The van der Waals surface area contributed by atoms with Gasteiger partial charge in [-0.2, -0.15) is 0 Å². The van der Waals surface area contributed by atoms with Crippen molar-refractivity contribution in [1.82, 2.24) is 4.57 Å². The number of rotatable bonds is 4. The van der Waals surface area contributed by atoms with Crippen LogP contribution in [0.2, 0.25) is 0 Å². The van der Waals surface area contributed by atoms with Crippen LogP contribution < -0.4 is 0 Å². The molecule has 0 atom stereocenters. The number of hydrogen-bond donors (Lipinski definition) is 0. The molecule has 53 heavy (non-hydrogen) atoms. The molecule has 11 rings (SSSR count). The summed E-state index contributed by atoms with van der Waals surface area (Å²) in [7, 11) is 0. The van der Waals surface area contributed by atoms with Gasteiger partial charge >= 0.3 is 0 Å². The maximum Gasteiger partial charge on any atom is 0.160 e. The fourth-order valence-electron chi connectivity index (χ4n) is 7.86. The average Bonchev–Trinajstić information content (AvgIpc) is 3.84. The maximum atomic E-state index is 6.71. The number of aliphatic imine (C=N–C) groups is 2. The highest BCUT2D eigenvalue weighted by molar-refractivity contribution is 7.26. The highest BCUT2D eigenvalue weighted by Crippen LogP contribution is 2.43. The largest absolute Gasteiger partial charge is 0.456 e. The average molecular weight is 696 g/mol. The van der Waals surface area contributed by atoms with E-state index in [4.69, 9.17) is 14.4 Å². The predicted molar refractivity (Wildman–Crippen MR) is 224 cm³/mol. The van der Waals surface area contributed by atoms with Crippen LogP contribution in [-0.2, 0) is 0 Å². The van der Waals surface area contributed by atoms with E-state index in [9.17, 15) is 0 Å². The Hall–Kier alpha value is -6.82. The molecule has 4 nitrogen and oxygen atoms in total. The Kier molecular flexibility index (Phi) is 6.54. The lowest BCUT2D eigenvalue weighted by Crippen LogP contribution is -2.06. The van der Waals surface area contributed by atoms with Crippen molar-refractivity contribution >= 4 is 92.5 Å². The summed E-state index contributed by atoms with van der Waals surface area (Å²) >= 11 is 1.86. The van der Waals surface area contributed by atoms with Crippen LogP contribution in [0.1, 0.15) is 16.7 Å². The van der Waals surface area contributed by atoms with E-state index < -0.39 is 0 Å². The predicted octanol–water partition coefficient (Wildman–Crippen LogP) is 12.9. The number of nitrogens with zero attached hydrogens (tertiary/aromatic N) is 3. The van der Waals surface area contributed by atoms with Gasteiger partial charge < -0.3 is 8.98 Å². The zero-order valence-corrected chi connectivity index (χ0v) is 29.3. The Morgan fingerprint density at radius 1 is 0.528 bits per heavy atom. The molecule has 0 radical (unpaired) electrons. The number of benzene rings is 7. The van der Waals surface area contributed by atoms with Crippen molar-refractivity contribution in [1.29, 1.82) is 0 Å². The molecule has 0 N–H and O–H groups in total. The Morgan fingerprint density at radius 3 is 2.02 bits per heavy atom. The van der Waals surface area contributed by atoms with Crippen LogP contribution in [0.25, 0.3) is 75.3 Å². The number of hydrogen-bond acceptors (Lipinski definition) is 4. The molecule has 0 amide bonds. The minimum absolute atomic E-state index is 0.641. The third-order valence-corrected chi connectivity index (χ3v) is 11.5. The Labute approximate surface area is 308 Å². The van der Waals surface area contributed by atoms with Gasteiger partial charge in [-0.1, -0.05) is 122 Å². The molecular formula is C48H29N3OS. The van der Waals surface area contributed by atoms with Gasteiger partial charge in [0.1, 0.15) is 11.2 Å². The van der Waals surface area contributed by atoms with E-state index in [1.807, 2.05) is 65.9 Å². The first-order valence-corrected chi connectivity index (χ1v) is 18.5. The number of fused-ring (bicyclic) bond motifs is 10. The number of furan rings is 1. The minimum Gasteiger partial charge on any atom is -0.456 e. The van der Waals surface area contributed by atoms with E-state index in [1.165, 1.54) is 42.0 Å². The zero-order chi connectivity index (χ0) is 35.0. The van der Waals surface area contributed by atoms with Gasteiger partial charge in [-0.3, -0.25) is 0 Å². The molecule has 248 valence electrons. The van der Waals surface area contributed by atoms with Crippen molar-refractivity contribution in [3.8, 4) is 5.69 Å². The van der Waals surface area contributed by atoms with E-state index in [2.05, 4.69) is 120 Å². The molecule has 0 unspecified atom stereocenters. The zero-order valence-electron chi connectivity index (χ0n) is 28.5. The maximum absolute atomic E-state index is 6.71. The lowest BCUT2D eigenvalue weighted by molar-refractivity contribution is 0.668. The van der Waals surface area contributed by atoms with Gasteiger partial charge in [-0.25, -0.2) is 9.98 Å². The Bertz CT molecular complexity index is 3230. The minimum atomic E-state index is 0.641. The third kappa shape index (κ3) is 4.68. The highest BCUT2D eigenvalue weighted by atomic mass is 32.1. The molecule has 0 fully saturated rings. The van der Waals surface area contributed by atoms with Crippen LogP contribution in [-0.4, -0.2) is 16.1 Å². The van der Waals surface area contributed by atoms with Crippen molar-refractivity contribution in [2.45, 2.75) is 0 Å². The van der Waals surface area contributed by atoms with Crippen molar-refractivity contribution in [2.75, 3.05) is 0 Å². The van der Waals surface area contributed by atoms with Crippen LogP contribution in [0, 0.1) is 0 Å². The normalized spacial score (nSPS) is 13.7.